The number of halogens is 2. The Labute approximate surface area is 238 Å². The van der Waals surface area contributed by atoms with Crippen LogP contribution in [0.5, 0.6) is 0 Å². The molecule has 1 saturated heterocycles. The third-order valence-electron chi connectivity index (χ3n) is 6.93. The van der Waals surface area contributed by atoms with Crippen LogP contribution in [0.2, 0.25) is 5.02 Å². The Balaban J connectivity index is 1.19. The Morgan fingerprint density at radius 3 is 2.74 bits per heavy atom. The number of fused-ring (bicyclic) bond motifs is 1. The normalized spacial score (nSPS) is 15.6. The van der Waals surface area contributed by atoms with Crippen molar-refractivity contribution < 1.29 is 4.79 Å². The summed E-state index contributed by atoms with van der Waals surface area (Å²) in [5, 5.41) is 17.7. The van der Waals surface area contributed by atoms with Crippen LogP contribution in [0.1, 0.15) is 29.0 Å². The number of benzene rings is 2. The maximum atomic E-state index is 13.4. The lowest BCUT2D eigenvalue weighted by molar-refractivity contribution is 0.0673. The second-order valence-electron chi connectivity index (χ2n) is 9.63. The Kier molecular flexibility index (Phi) is 7.05. The molecule has 39 heavy (non-hydrogen) atoms. The fourth-order valence-corrected chi connectivity index (χ4v) is 5.52. The zero-order valence-corrected chi connectivity index (χ0v) is 23.6. The van der Waals surface area contributed by atoms with Crippen LogP contribution in [0.15, 0.2) is 71.3 Å². The molecule has 0 bridgehead atoms. The number of hydrogen-bond acceptors (Lipinski definition) is 6. The first-order chi connectivity index (χ1) is 19.0. The highest BCUT2D eigenvalue weighted by atomic mass is 79.9. The number of carbonyl (C=O) groups excluding carboxylic acids is 1. The maximum absolute atomic E-state index is 13.4. The number of amides is 1. The summed E-state index contributed by atoms with van der Waals surface area (Å²) in [6.45, 7) is 3.85. The van der Waals surface area contributed by atoms with Crippen molar-refractivity contribution >= 4 is 44.9 Å². The van der Waals surface area contributed by atoms with Crippen LogP contribution in [-0.2, 0) is 0 Å². The Hall–Kier alpha value is -3.76. The van der Waals surface area contributed by atoms with Gasteiger partial charge >= 0.3 is 0 Å². The van der Waals surface area contributed by atoms with Crippen molar-refractivity contribution in [2.24, 2.45) is 5.92 Å². The van der Waals surface area contributed by atoms with E-state index >= 15 is 0 Å². The summed E-state index contributed by atoms with van der Waals surface area (Å²) in [6, 6.07) is 19.2. The van der Waals surface area contributed by atoms with Gasteiger partial charge in [-0.15, -0.1) is 5.10 Å². The van der Waals surface area contributed by atoms with Gasteiger partial charge in [-0.1, -0.05) is 48.0 Å². The van der Waals surface area contributed by atoms with E-state index in [1.54, 1.807) is 10.7 Å². The largest absolute Gasteiger partial charge is 0.370 e. The molecule has 11 heteroatoms. The number of aromatic nitrogens is 6. The summed E-state index contributed by atoms with van der Waals surface area (Å²) < 4.78 is 2.58. The van der Waals surface area contributed by atoms with Gasteiger partial charge in [0.15, 0.2) is 11.3 Å². The number of hydrogen-bond donors (Lipinski definition) is 1. The van der Waals surface area contributed by atoms with Gasteiger partial charge in [0, 0.05) is 36.3 Å². The van der Waals surface area contributed by atoms with E-state index in [-0.39, 0.29) is 11.8 Å². The van der Waals surface area contributed by atoms with Crippen LogP contribution in [0.25, 0.3) is 22.6 Å². The molecule has 0 radical (unpaired) electrons. The SMILES string of the molecule is Cc1nn(-c2ccccc2)nc1C(=O)N1CCCC(CNc2cc(-c3ccccc3Cl)nc3c(Br)cnn23)C1. The first-order valence-corrected chi connectivity index (χ1v) is 14.0. The topological polar surface area (TPSA) is 93.2 Å². The molecule has 9 nitrogen and oxygen atoms in total. The van der Waals surface area contributed by atoms with Crippen LogP contribution < -0.4 is 5.32 Å². The zero-order chi connectivity index (χ0) is 26.9. The van der Waals surface area contributed by atoms with Crippen LogP contribution in [-0.4, -0.2) is 60.0 Å². The van der Waals surface area contributed by atoms with Gasteiger partial charge in [0.1, 0.15) is 5.82 Å². The first-order valence-electron chi connectivity index (χ1n) is 12.8. The minimum absolute atomic E-state index is 0.0808. The van der Waals surface area contributed by atoms with Gasteiger partial charge in [-0.3, -0.25) is 4.79 Å². The van der Waals surface area contributed by atoms with E-state index < -0.39 is 0 Å². The highest BCUT2D eigenvalue weighted by molar-refractivity contribution is 9.10. The molecule has 0 saturated carbocycles. The number of carbonyl (C=O) groups is 1. The minimum atomic E-state index is -0.0808. The summed E-state index contributed by atoms with van der Waals surface area (Å²) in [4.78, 5) is 21.6. The predicted molar refractivity (Wildman–Crippen MR) is 154 cm³/mol. The predicted octanol–water partition coefficient (Wildman–Crippen LogP) is 5.67. The summed E-state index contributed by atoms with van der Waals surface area (Å²) in [7, 11) is 0. The molecule has 2 aromatic carbocycles. The average Bonchev–Trinajstić information content (AvgIpc) is 3.54. The van der Waals surface area contributed by atoms with Gasteiger partial charge in [0.05, 0.1) is 27.7 Å². The van der Waals surface area contributed by atoms with Crippen molar-refractivity contribution in [3.63, 3.8) is 0 Å². The number of nitrogens with one attached hydrogen (secondary N) is 1. The number of likely N-dealkylation sites (tertiary alicyclic amines) is 1. The molecule has 4 heterocycles. The van der Waals surface area contributed by atoms with E-state index in [0.29, 0.717) is 41.7 Å². The van der Waals surface area contributed by atoms with Gasteiger partial charge < -0.3 is 10.2 Å². The van der Waals surface area contributed by atoms with E-state index in [1.165, 1.54) is 4.80 Å². The quantitative estimate of drug-likeness (QED) is 0.268. The second-order valence-corrected chi connectivity index (χ2v) is 10.9. The molecule has 1 fully saturated rings. The van der Waals surface area contributed by atoms with Crippen molar-refractivity contribution in [3.8, 4) is 16.9 Å². The standard InChI is InChI=1S/C28H26BrClN8O/c1-18-26(35-38(34-18)20-9-3-2-4-10-20)28(39)36-13-7-8-19(17-36)15-31-25-14-24(21-11-5-6-12-23(21)30)33-27-22(29)16-32-37(25)27/h2-6,9-12,14,16,19,31H,7-8,13,15,17H2,1H3. The Morgan fingerprint density at radius 2 is 1.92 bits per heavy atom. The van der Waals surface area contributed by atoms with Gasteiger partial charge in [-0.2, -0.15) is 19.5 Å². The van der Waals surface area contributed by atoms with Gasteiger partial charge in [0.2, 0.25) is 0 Å². The molecule has 1 N–H and O–H groups in total. The highest BCUT2D eigenvalue weighted by Gasteiger charge is 2.28. The highest BCUT2D eigenvalue weighted by Crippen LogP contribution is 2.30. The number of aryl methyl sites for hydroxylation is 1. The minimum Gasteiger partial charge on any atom is -0.370 e. The lowest BCUT2D eigenvalue weighted by Gasteiger charge is -2.32. The van der Waals surface area contributed by atoms with Crippen LogP contribution in [0, 0.1) is 12.8 Å². The molecule has 6 rings (SSSR count). The van der Waals surface area contributed by atoms with Crippen molar-refractivity contribution in [2.45, 2.75) is 19.8 Å². The van der Waals surface area contributed by atoms with Crippen molar-refractivity contribution in [1.29, 1.82) is 0 Å². The fourth-order valence-electron chi connectivity index (χ4n) is 4.94. The van der Waals surface area contributed by atoms with Crippen molar-refractivity contribution in [1.82, 2.24) is 34.5 Å². The van der Waals surface area contributed by atoms with E-state index in [4.69, 9.17) is 16.6 Å². The molecule has 5 aromatic rings. The fraction of sp³-hybridized carbons (Fsp3) is 0.250. The molecule has 198 valence electrons. The lowest BCUT2D eigenvalue weighted by atomic mass is 9.97. The van der Waals surface area contributed by atoms with Gasteiger partial charge in [-0.25, -0.2) is 4.98 Å². The number of rotatable bonds is 6. The third-order valence-corrected chi connectivity index (χ3v) is 7.82. The van der Waals surface area contributed by atoms with Crippen molar-refractivity contribution in [3.05, 3.63) is 87.7 Å². The molecule has 1 atom stereocenters. The van der Waals surface area contributed by atoms with E-state index in [1.807, 2.05) is 72.5 Å². The molecule has 0 spiro atoms. The van der Waals surface area contributed by atoms with E-state index in [2.05, 4.69) is 36.5 Å². The molecule has 1 aliphatic rings. The lowest BCUT2D eigenvalue weighted by Crippen LogP contribution is -2.42. The average molecular weight is 606 g/mol. The van der Waals surface area contributed by atoms with E-state index in [0.717, 1.165) is 40.1 Å². The molecule has 1 unspecified atom stereocenters. The molecule has 1 amide bonds. The molecule has 3 aromatic heterocycles. The van der Waals surface area contributed by atoms with Gasteiger partial charge in [-0.05, 0) is 59.8 Å². The second kappa shape index (κ2) is 10.8. The molecular weight excluding hydrogens is 580 g/mol. The number of nitrogens with zero attached hydrogens (tertiary/aromatic N) is 7. The molecular formula is C28H26BrClN8O. The number of anilines is 1. The monoisotopic (exact) mass is 604 g/mol. The zero-order valence-electron chi connectivity index (χ0n) is 21.3. The summed E-state index contributed by atoms with van der Waals surface area (Å²) in [6.07, 6.45) is 3.67. The smallest absolute Gasteiger partial charge is 0.276 e. The van der Waals surface area contributed by atoms with Gasteiger partial charge in [0.25, 0.3) is 5.91 Å². The van der Waals surface area contributed by atoms with Crippen molar-refractivity contribution in [2.75, 3.05) is 25.0 Å². The van der Waals surface area contributed by atoms with Crippen LogP contribution >= 0.6 is 27.5 Å². The maximum Gasteiger partial charge on any atom is 0.276 e. The van der Waals surface area contributed by atoms with E-state index in [9.17, 15) is 4.79 Å². The summed E-state index contributed by atoms with van der Waals surface area (Å²) in [5.74, 6) is 0.992. The molecule has 1 aliphatic heterocycles. The van der Waals surface area contributed by atoms with Crippen LogP contribution in [0.4, 0.5) is 5.82 Å². The molecule has 0 aliphatic carbocycles. The summed E-state index contributed by atoms with van der Waals surface area (Å²) >= 11 is 10.0. The van der Waals surface area contributed by atoms with Crippen LogP contribution in [0.3, 0.4) is 0 Å². The Bertz CT molecular complexity index is 1650. The third kappa shape index (κ3) is 5.14. The first kappa shape index (κ1) is 25.5. The summed E-state index contributed by atoms with van der Waals surface area (Å²) in [5.41, 5.74) is 4.16. The number of piperidine rings is 1. The Morgan fingerprint density at radius 1 is 1.13 bits per heavy atom. The number of para-hydroxylation sites is 1.